The molecule has 122 valence electrons. The Morgan fingerprint density at radius 3 is 1.91 bits per heavy atom. The highest BCUT2D eigenvalue weighted by Gasteiger charge is 1.96. The molecule has 0 amide bonds. The standard InChI is InChI=1S/C21H32O/c1-3-20-15-17-21(18-16-20)14-12-10-8-6-5-7-9-11-13-19-22-4-2/h1,15-18H,4-14,19H2,2H3. The zero-order chi connectivity index (χ0) is 15.9. The Morgan fingerprint density at radius 2 is 1.36 bits per heavy atom. The van der Waals surface area contributed by atoms with Gasteiger partial charge in [0.05, 0.1) is 0 Å². The van der Waals surface area contributed by atoms with Crippen LogP contribution in [0, 0.1) is 12.3 Å². The number of aryl methyl sites for hydroxylation is 1. The van der Waals surface area contributed by atoms with Crippen LogP contribution in [0.3, 0.4) is 0 Å². The van der Waals surface area contributed by atoms with Crippen LogP contribution >= 0.6 is 0 Å². The van der Waals surface area contributed by atoms with E-state index >= 15 is 0 Å². The van der Waals surface area contributed by atoms with Gasteiger partial charge in [-0.25, -0.2) is 0 Å². The van der Waals surface area contributed by atoms with Crippen molar-refractivity contribution in [2.45, 2.75) is 71.1 Å². The summed E-state index contributed by atoms with van der Waals surface area (Å²) in [6, 6.07) is 8.41. The van der Waals surface area contributed by atoms with Gasteiger partial charge in [0, 0.05) is 18.8 Å². The Balaban J connectivity index is 1.86. The maximum atomic E-state index is 5.36. The summed E-state index contributed by atoms with van der Waals surface area (Å²) in [5, 5.41) is 0. The second-order valence-corrected chi connectivity index (χ2v) is 5.97. The van der Waals surface area contributed by atoms with Crippen molar-refractivity contribution in [3.05, 3.63) is 35.4 Å². The lowest BCUT2D eigenvalue weighted by molar-refractivity contribution is 0.143. The monoisotopic (exact) mass is 300 g/mol. The number of terminal acetylenes is 1. The maximum absolute atomic E-state index is 5.36. The molecular weight excluding hydrogens is 268 g/mol. The molecule has 1 nitrogen and oxygen atoms in total. The Bertz CT molecular complexity index is 399. The molecule has 0 bridgehead atoms. The van der Waals surface area contributed by atoms with E-state index in [4.69, 9.17) is 11.2 Å². The molecule has 1 aromatic carbocycles. The Hall–Kier alpha value is -1.26. The third-order valence-electron chi connectivity index (χ3n) is 4.08. The summed E-state index contributed by atoms with van der Waals surface area (Å²) in [5.74, 6) is 2.66. The number of rotatable bonds is 13. The highest BCUT2D eigenvalue weighted by molar-refractivity contribution is 5.34. The Labute approximate surface area is 137 Å². The minimum absolute atomic E-state index is 0.855. The Morgan fingerprint density at radius 1 is 0.818 bits per heavy atom. The lowest BCUT2D eigenvalue weighted by atomic mass is 10.0. The molecule has 0 fully saturated rings. The molecule has 0 aliphatic heterocycles. The third kappa shape index (κ3) is 9.64. The summed E-state index contributed by atoms with van der Waals surface area (Å²) in [5.41, 5.74) is 2.39. The molecular formula is C21H32O. The van der Waals surface area contributed by atoms with Crippen LogP contribution in [0.5, 0.6) is 0 Å². The smallest absolute Gasteiger partial charge is 0.0465 e. The predicted octanol–water partition coefficient (Wildman–Crippen LogP) is 5.76. The fourth-order valence-electron chi connectivity index (χ4n) is 2.68. The van der Waals surface area contributed by atoms with Crippen molar-refractivity contribution in [1.29, 1.82) is 0 Å². The molecule has 0 aliphatic carbocycles. The molecule has 0 aliphatic rings. The molecule has 0 spiro atoms. The minimum Gasteiger partial charge on any atom is -0.382 e. The molecule has 0 atom stereocenters. The van der Waals surface area contributed by atoms with E-state index in [1.807, 2.05) is 12.1 Å². The number of hydrogen-bond acceptors (Lipinski definition) is 1. The van der Waals surface area contributed by atoms with Crippen LogP contribution in [0.1, 0.15) is 75.8 Å². The second-order valence-electron chi connectivity index (χ2n) is 5.97. The fourth-order valence-corrected chi connectivity index (χ4v) is 2.68. The SMILES string of the molecule is C#Cc1ccc(CCCCCCCCCCCOCC)cc1. The van der Waals surface area contributed by atoms with Gasteiger partial charge in [-0.2, -0.15) is 0 Å². The summed E-state index contributed by atoms with van der Waals surface area (Å²) < 4.78 is 5.35. The summed E-state index contributed by atoms with van der Waals surface area (Å²) >= 11 is 0. The first kappa shape index (κ1) is 18.8. The highest BCUT2D eigenvalue weighted by atomic mass is 16.5. The van der Waals surface area contributed by atoms with Crippen LogP contribution < -0.4 is 0 Å². The van der Waals surface area contributed by atoms with Crippen LogP contribution in [-0.2, 0) is 11.2 Å². The summed E-state index contributed by atoms with van der Waals surface area (Å²) in [7, 11) is 0. The van der Waals surface area contributed by atoms with Crippen LogP contribution in [-0.4, -0.2) is 13.2 Å². The van der Waals surface area contributed by atoms with E-state index in [-0.39, 0.29) is 0 Å². The van der Waals surface area contributed by atoms with Crippen LogP contribution in [0.15, 0.2) is 24.3 Å². The number of hydrogen-bond donors (Lipinski definition) is 0. The summed E-state index contributed by atoms with van der Waals surface area (Å²) in [6.45, 7) is 3.86. The third-order valence-corrected chi connectivity index (χ3v) is 4.08. The number of ether oxygens (including phenoxy) is 1. The van der Waals surface area contributed by atoms with Gasteiger partial charge in [0.15, 0.2) is 0 Å². The maximum Gasteiger partial charge on any atom is 0.0465 e. The van der Waals surface area contributed by atoms with Gasteiger partial charge < -0.3 is 4.74 Å². The average Bonchev–Trinajstić information content (AvgIpc) is 2.56. The summed E-state index contributed by atoms with van der Waals surface area (Å²) in [6.07, 6.45) is 18.7. The van der Waals surface area contributed by atoms with Crippen molar-refractivity contribution in [3.63, 3.8) is 0 Å². The van der Waals surface area contributed by atoms with E-state index in [0.717, 1.165) is 18.8 Å². The lowest BCUT2D eigenvalue weighted by Crippen LogP contribution is -1.93. The molecule has 1 heteroatoms. The van der Waals surface area contributed by atoms with Gasteiger partial charge in [-0.3, -0.25) is 0 Å². The molecule has 0 saturated carbocycles. The van der Waals surface area contributed by atoms with E-state index in [1.165, 1.54) is 69.8 Å². The van der Waals surface area contributed by atoms with Crippen molar-refractivity contribution < 1.29 is 4.74 Å². The van der Waals surface area contributed by atoms with Crippen molar-refractivity contribution >= 4 is 0 Å². The largest absolute Gasteiger partial charge is 0.382 e. The zero-order valence-corrected chi connectivity index (χ0v) is 14.3. The quantitative estimate of drug-likeness (QED) is 0.332. The first-order valence-corrected chi connectivity index (χ1v) is 9.00. The number of unbranched alkanes of at least 4 members (excludes halogenated alkanes) is 8. The first-order valence-electron chi connectivity index (χ1n) is 9.00. The lowest BCUT2D eigenvalue weighted by Gasteiger charge is -2.04. The average molecular weight is 300 g/mol. The normalized spacial score (nSPS) is 10.5. The topological polar surface area (TPSA) is 9.23 Å². The molecule has 0 unspecified atom stereocenters. The van der Waals surface area contributed by atoms with Gasteiger partial charge in [-0.15, -0.1) is 6.42 Å². The van der Waals surface area contributed by atoms with Gasteiger partial charge in [0.2, 0.25) is 0 Å². The molecule has 0 saturated heterocycles. The Kier molecular flexibility index (Phi) is 11.4. The highest BCUT2D eigenvalue weighted by Crippen LogP contribution is 2.12. The van der Waals surface area contributed by atoms with Gasteiger partial charge in [0.1, 0.15) is 0 Å². The fraction of sp³-hybridized carbons (Fsp3) is 0.619. The molecule has 0 aromatic heterocycles. The van der Waals surface area contributed by atoms with Gasteiger partial charge >= 0.3 is 0 Å². The van der Waals surface area contributed by atoms with Crippen molar-refractivity contribution in [1.82, 2.24) is 0 Å². The van der Waals surface area contributed by atoms with Gasteiger partial charge in [0.25, 0.3) is 0 Å². The molecule has 0 N–H and O–H groups in total. The molecule has 1 aromatic rings. The van der Waals surface area contributed by atoms with Gasteiger partial charge in [-0.1, -0.05) is 63.0 Å². The van der Waals surface area contributed by atoms with Crippen molar-refractivity contribution in [2.24, 2.45) is 0 Å². The van der Waals surface area contributed by atoms with Crippen molar-refractivity contribution in [3.8, 4) is 12.3 Å². The van der Waals surface area contributed by atoms with E-state index in [1.54, 1.807) is 0 Å². The van der Waals surface area contributed by atoms with E-state index < -0.39 is 0 Å². The van der Waals surface area contributed by atoms with Crippen molar-refractivity contribution in [2.75, 3.05) is 13.2 Å². The minimum atomic E-state index is 0.855. The molecule has 0 radical (unpaired) electrons. The van der Waals surface area contributed by atoms with Crippen LogP contribution in [0.25, 0.3) is 0 Å². The molecule has 1 rings (SSSR count). The van der Waals surface area contributed by atoms with Crippen LogP contribution in [0.4, 0.5) is 0 Å². The van der Waals surface area contributed by atoms with Crippen LogP contribution in [0.2, 0.25) is 0 Å². The molecule has 0 heterocycles. The summed E-state index contributed by atoms with van der Waals surface area (Å²) in [4.78, 5) is 0. The second kappa shape index (κ2) is 13.4. The zero-order valence-electron chi connectivity index (χ0n) is 14.3. The molecule has 22 heavy (non-hydrogen) atoms. The number of benzene rings is 1. The van der Waals surface area contributed by atoms with E-state index in [0.29, 0.717) is 0 Å². The first-order chi connectivity index (χ1) is 10.9. The predicted molar refractivity (Wildman–Crippen MR) is 96.1 cm³/mol. The van der Waals surface area contributed by atoms with Gasteiger partial charge in [-0.05, 0) is 43.9 Å². The van der Waals surface area contributed by atoms with E-state index in [2.05, 4.69) is 25.0 Å². The van der Waals surface area contributed by atoms with E-state index in [9.17, 15) is 0 Å².